The first-order chi connectivity index (χ1) is 16.8. The Bertz CT molecular complexity index is 1040. The maximum Gasteiger partial charge on any atom is 0.246 e. The number of likely N-dealkylation sites (tertiary alicyclic amines) is 1. The maximum atomic E-state index is 13.8. The first-order valence-electron chi connectivity index (χ1n) is 12.6. The summed E-state index contributed by atoms with van der Waals surface area (Å²) in [6, 6.07) is 4.13. The van der Waals surface area contributed by atoms with E-state index in [1.807, 2.05) is 19.1 Å². The van der Waals surface area contributed by atoms with Crippen LogP contribution in [0.2, 0.25) is 10.0 Å². The Morgan fingerprint density at radius 3 is 2.51 bits per heavy atom. The summed E-state index contributed by atoms with van der Waals surface area (Å²) in [5.74, 6) is -2.23. The van der Waals surface area contributed by atoms with E-state index in [2.05, 4.69) is 10.6 Å². The van der Waals surface area contributed by atoms with Crippen molar-refractivity contribution < 1.29 is 19.1 Å². The number of hydrogen-bond donors (Lipinski definition) is 2. The number of unbranched alkanes of at least 4 members (excludes halogenated alkanes) is 1. The number of halogens is 2. The van der Waals surface area contributed by atoms with E-state index in [4.69, 9.17) is 27.9 Å². The highest BCUT2D eigenvalue weighted by atomic mass is 35.5. The summed E-state index contributed by atoms with van der Waals surface area (Å²) in [5.41, 5.74) is -0.685. The second kappa shape index (κ2) is 9.75. The second-order valence-electron chi connectivity index (χ2n) is 10.1. The molecule has 3 unspecified atom stereocenters. The van der Waals surface area contributed by atoms with Gasteiger partial charge >= 0.3 is 0 Å². The van der Waals surface area contributed by atoms with Crippen LogP contribution in [-0.4, -0.2) is 53.0 Å². The third-order valence-corrected chi connectivity index (χ3v) is 8.20. The lowest BCUT2D eigenvalue weighted by molar-refractivity contribution is -0.141. The van der Waals surface area contributed by atoms with Gasteiger partial charge in [0.1, 0.15) is 11.6 Å². The summed E-state index contributed by atoms with van der Waals surface area (Å²) in [5, 5.41) is 6.85. The second-order valence-corrected chi connectivity index (χ2v) is 11.0. The molecule has 1 saturated carbocycles. The predicted octanol–water partition coefficient (Wildman–Crippen LogP) is 4.33. The highest BCUT2D eigenvalue weighted by molar-refractivity contribution is 6.35. The van der Waals surface area contributed by atoms with E-state index < -0.39 is 29.6 Å². The molecule has 2 bridgehead atoms. The Kier molecular flexibility index (Phi) is 6.85. The van der Waals surface area contributed by atoms with Crippen LogP contribution in [0, 0.1) is 11.8 Å². The molecule has 3 amide bonds. The molecule has 3 fully saturated rings. The number of nitrogens with zero attached hydrogens (tertiary/aromatic N) is 1. The molecule has 0 aromatic heterocycles. The topological polar surface area (TPSA) is 87.7 Å². The van der Waals surface area contributed by atoms with Gasteiger partial charge in [0.15, 0.2) is 0 Å². The number of hydrogen-bond acceptors (Lipinski definition) is 4. The first kappa shape index (κ1) is 24.6. The molecule has 188 valence electrons. The zero-order chi connectivity index (χ0) is 24.7. The van der Waals surface area contributed by atoms with Crippen LogP contribution in [-0.2, 0) is 19.1 Å². The van der Waals surface area contributed by atoms with Gasteiger partial charge in [-0.15, -0.1) is 0 Å². The van der Waals surface area contributed by atoms with Crippen LogP contribution in [0.3, 0.4) is 0 Å². The summed E-state index contributed by atoms with van der Waals surface area (Å²) < 4.78 is 6.36. The van der Waals surface area contributed by atoms with Crippen LogP contribution in [0.5, 0.6) is 0 Å². The van der Waals surface area contributed by atoms with Crippen molar-refractivity contribution in [2.45, 2.75) is 75.7 Å². The largest absolute Gasteiger partial charge is 0.359 e. The Labute approximate surface area is 215 Å². The molecule has 4 aliphatic rings. The van der Waals surface area contributed by atoms with Gasteiger partial charge in [-0.2, -0.15) is 0 Å². The molecule has 7 nitrogen and oxygen atoms in total. The summed E-state index contributed by atoms with van der Waals surface area (Å²) >= 11 is 12.2. The van der Waals surface area contributed by atoms with E-state index in [0.29, 0.717) is 22.3 Å². The molecule has 1 aromatic rings. The lowest BCUT2D eigenvalue weighted by Gasteiger charge is -2.34. The standard InChI is InChI=1S/C26H31Cl2N3O4/c1-2-3-11-31-22(24(33)29-17-7-5-4-6-8-17)26-10-9-19(35-26)20(21(26)25(31)34)23(32)30-18-13-15(27)12-16(28)14-18/h9-10,12-14,17,19-22H,2-8,11H2,1H3,(H,29,33)(H,30,32)/t19-,20?,21-,22?,26?/m0/s1. The zero-order valence-corrected chi connectivity index (χ0v) is 21.3. The summed E-state index contributed by atoms with van der Waals surface area (Å²) in [6.07, 6.45) is 10.0. The lowest BCUT2D eigenvalue weighted by Crippen LogP contribution is -2.56. The quantitative estimate of drug-likeness (QED) is 0.524. The molecule has 9 heteroatoms. The number of carbonyl (C=O) groups excluding carboxylic acids is 3. The molecule has 35 heavy (non-hydrogen) atoms. The molecule has 0 radical (unpaired) electrons. The van der Waals surface area contributed by atoms with Crippen molar-refractivity contribution in [3.63, 3.8) is 0 Å². The summed E-state index contributed by atoms with van der Waals surface area (Å²) in [6.45, 7) is 2.50. The fourth-order valence-electron chi connectivity index (χ4n) is 6.21. The van der Waals surface area contributed by atoms with Gasteiger partial charge in [0.2, 0.25) is 17.7 Å². The van der Waals surface area contributed by atoms with Crippen LogP contribution in [0.4, 0.5) is 5.69 Å². The number of nitrogens with one attached hydrogen (secondary N) is 2. The van der Waals surface area contributed by atoms with Crippen molar-refractivity contribution >= 4 is 46.6 Å². The number of amides is 3. The van der Waals surface area contributed by atoms with E-state index in [1.165, 1.54) is 6.42 Å². The van der Waals surface area contributed by atoms with Crippen LogP contribution in [0.25, 0.3) is 0 Å². The van der Waals surface area contributed by atoms with E-state index in [0.717, 1.165) is 38.5 Å². The smallest absolute Gasteiger partial charge is 0.246 e. The average molecular weight is 520 g/mol. The Morgan fingerprint density at radius 1 is 1.11 bits per heavy atom. The first-order valence-corrected chi connectivity index (χ1v) is 13.3. The van der Waals surface area contributed by atoms with Crippen LogP contribution < -0.4 is 10.6 Å². The zero-order valence-electron chi connectivity index (χ0n) is 19.8. The molecule has 1 spiro atoms. The number of benzene rings is 1. The molecule has 2 saturated heterocycles. The van der Waals surface area contributed by atoms with Gasteiger partial charge in [-0.3, -0.25) is 14.4 Å². The molecule has 3 heterocycles. The predicted molar refractivity (Wildman–Crippen MR) is 134 cm³/mol. The minimum atomic E-state index is -1.14. The van der Waals surface area contributed by atoms with Gasteiger partial charge in [0.25, 0.3) is 0 Å². The Morgan fingerprint density at radius 2 is 1.83 bits per heavy atom. The van der Waals surface area contributed by atoms with Crippen molar-refractivity contribution in [3.8, 4) is 0 Å². The summed E-state index contributed by atoms with van der Waals surface area (Å²) in [4.78, 5) is 42.5. The van der Waals surface area contributed by atoms with Gasteiger partial charge in [0, 0.05) is 28.3 Å². The van der Waals surface area contributed by atoms with E-state index in [9.17, 15) is 14.4 Å². The number of ether oxygens (including phenoxy) is 1. The number of fused-ring (bicyclic) bond motifs is 1. The molecule has 3 aliphatic heterocycles. The van der Waals surface area contributed by atoms with Gasteiger partial charge in [-0.05, 0) is 37.5 Å². The molecule has 1 aliphatic carbocycles. The molecular weight excluding hydrogens is 489 g/mol. The average Bonchev–Trinajstić information content (AvgIpc) is 3.45. The van der Waals surface area contributed by atoms with Gasteiger partial charge in [-0.1, -0.05) is 68.0 Å². The third-order valence-electron chi connectivity index (χ3n) is 7.76. The fourth-order valence-corrected chi connectivity index (χ4v) is 6.74. The highest BCUT2D eigenvalue weighted by Gasteiger charge is 2.72. The van der Waals surface area contributed by atoms with Crippen molar-refractivity contribution in [1.29, 1.82) is 0 Å². The lowest BCUT2D eigenvalue weighted by atomic mass is 9.74. The maximum absolute atomic E-state index is 13.8. The monoisotopic (exact) mass is 519 g/mol. The molecular formula is C26H31Cl2N3O4. The molecule has 5 atom stereocenters. The van der Waals surface area contributed by atoms with Crippen molar-refractivity contribution in [1.82, 2.24) is 10.2 Å². The van der Waals surface area contributed by atoms with E-state index in [-0.39, 0.29) is 23.8 Å². The van der Waals surface area contributed by atoms with E-state index >= 15 is 0 Å². The number of carbonyl (C=O) groups is 3. The van der Waals surface area contributed by atoms with Crippen molar-refractivity contribution in [3.05, 3.63) is 40.4 Å². The Balaban J connectivity index is 1.43. The van der Waals surface area contributed by atoms with E-state index in [1.54, 1.807) is 23.1 Å². The number of anilines is 1. The minimum Gasteiger partial charge on any atom is -0.359 e. The number of rotatable bonds is 7. The molecule has 1 aromatic carbocycles. The van der Waals surface area contributed by atoms with Gasteiger partial charge in [-0.25, -0.2) is 0 Å². The SMILES string of the molecule is CCCCN1C(=O)[C@@H]2C(C(=O)Nc3cc(Cl)cc(Cl)c3)[C@@H]3C=CC2(O3)C1C(=O)NC1CCCCC1. The minimum absolute atomic E-state index is 0.115. The van der Waals surface area contributed by atoms with Crippen LogP contribution in [0.1, 0.15) is 51.9 Å². The van der Waals surface area contributed by atoms with Crippen molar-refractivity contribution in [2.24, 2.45) is 11.8 Å². The third kappa shape index (κ3) is 4.36. The van der Waals surface area contributed by atoms with Gasteiger partial charge in [0.05, 0.1) is 17.9 Å². The van der Waals surface area contributed by atoms with Crippen molar-refractivity contribution in [2.75, 3.05) is 11.9 Å². The van der Waals surface area contributed by atoms with Gasteiger partial charge < -0.3 is 20.3 Å². The fraction of sp³-hybridized carbons (Fsp3) is 0.577. The molecule has 2 N–H and O–H groups in total. The Hall–Kier alpha value is -2.09. The van der Waals surface area contributed by atoms with Crippen LogP contribution in [0.15, 0.2) is 30.4 Å². The van der Waals surface area contributed by atoms with Crippen LogP contribution >= 0.6 is 23.2 Å². The molecule has 5 rings (SSSR count). The highest BCUT2D eigenvalue weighted by Crippen LogP contribution is 2.55. The summed E-state index contributed by atoms with van der Waals surface area (Å²) in [7, 11) is 0. The normalized spacial score (nSPS) is 31.6.